The minimum Gasteiger partial charge on any atom is -0.283 e. The van der Waals surface area contributed by atoms with E-state index >= 15 is 0 Å². The molecule has 0 saturated carbocycles. The smallest absolute Gasteiger partial charge is 0.263 e. The molecule has 0 N–H and O–H groups in total. The summed E-state index contributed by atoms with van der Waals surface area (Å²) in [5.41, 5.74) is 1.21. The maximum atomic E-state index is 13.0. The lowest BCUT2D eigenvalue weighted by Gasteiger charge is -2.17. The maximum Gasteiger partial charge on any atom is 0.263 e. The van der Waals surface area contributed by atoms with Crippen LogP contribution in [-0.2, 0) is 19.4 Å². The molecule has 2 aromatic rings. The number of fused-ring (bicyclic) bond motifs is 3. The minimum absolute atomic E-state index is 0.00888. The first-order valence-corrected chi connectivity index (χ1v) is 9.47. The van der Waals surface area contributed by atoms with E-state index in [4.69, 9.17) is 10.2 Å². The fourth-order valence-corrected chi connectivity index (χ4v) is 5.20. The highest BCUT2D eigenvalue weighted by Crippen LogP contribution is 2.36. The molecule has 1 aliphatic rings. The second-order valence-corrected chi connectivity index (χ2v) is 8.41. The zero-order valence-corrected chi connectivity index (χ0v) is 15.0. The van der Waals surface area contributed by atoms with E-state index in [1.807, 2.05) is 6.92 Å². The number of nitrogens with zero attached hydrogens (tertiary/aromatic N) is 3. The number of thiophene rings is 1. The van der Waals surface area contributed by atoms with Gasteiger partial charge in [-0.2, -0.15) is 5.26 Å². The number of rotatable bonds is 4. The molecule has 2 aromatic heterocycles. The Bertz CT molecular complexity index is 859. The molecule has 0 spiro atoms. The van der Waals surface area contributed by atoms with Gasteiger partial charge in [-0.15, -0.1) is 17.9 Å². The normalized spacial score (nSPS) is 18.4. The molecule has 0 amide bonds. The molecule has 23 heavy (non-hydrogen) atoms. The molecular weight excluding hydrogens is 326 g/mol. The first-order chi connectivity index (χ1) is 11.0. The highest BCUT2D eigenvalue weighted by atomic mass is 32.2. The molecule has 0 radical (unpaired) electrons. The van der Waals surface area contributed by atoms with E-state index < -0.39 is 0 Å². The van der Waals surface area contributed by atoms with Gasteiger partial charge >= 0.3 is 0 Å². The summed E-state index contributed by atoms with van der Waals surface area (Å²) in [5, 5.41) is 10.2. The van der Waals surface area contributed by atoms with Crippen molar-refractivity contribution in [2.24, 2.45) is 5.92 Å². The van der Waals surface area contributed by atoms with Crippen molar-refractivity contribution in [1.29, 1.82) is 5.26 Å². The summed E-state index contributed by atoms with van der Waals surface area (Å²) >= 11 is 2.98. The van der Waals surface area contributed by atoms with Crippen LogP contribution in [0.5, 0.6) is 0 Å². The number of thioether (sulfide) groups is 1. The number of nitriles is 1. The molecule has 4 nitrogen and oxygen atoms in total. The highest BCUT2D eigenvalue weighted by molar-refractivity contribution is 8.00. The van der Waals surface area contributed by atoms with Crippen LogP contribution in [0.2, 0.25) is 0 Å². The van der Waals surface area contributed by atoms with Crippen LogP contribution >= 0.6 is 23.1 Å². The molecule has 6 heteroatoms. The summed E-state index contributed by atoms with van der Waals surface area (Å²) in [5.74, 6) is 0.665. The van der Waals surface area contributed by atoms with Gasteiger partial charge in [0.2, 0.25) is 0 Å². The lowest BCUT2D eigenvalue weighted by Crippen LogP contribution is -2.24. The van der Waals surface area contributed by atoms with Gasteiger partial charge in [0.1, 0.15) is 4.83 Å². The van der Waals surface area contributed by atoms with Crippen molar-refractivity contribution in [2.45, 2.75) is 50.1 Å². The molecule has 0 aromatic carbocycles. The van der Waals surface area contributed by atoms with Crippen LogP contribution in [0.1, 0.15) is 30.7 Å². The Morgan fingerprint density at radius 1 is 1.65 bits per heavy atom. The van der Waals surface area contributed by atoms with E-state index in [0.717, 1.165) is 29.5 Å². The van der Waals surface area contributed by atoms with E-state index in [1.54, 1.807) is 22.0 Å². The fourth-order valence-electron chi connectivity index (χ4n) is 2.97. The van der Waals surface area contributed by atoms with E-state index in [-0.39, 0.29) is 10.8 Å². The Labute approximate surface area is 143 Å². The Balaban J connectivity index is 2.21. The summed E-state index contributed by atoms with van der Waals surface area (Å²) < 4.78 is 1.65. The molecule has 0 fully saturated rings. The second-order valence-electron chi connectivity index (χ2n) is 6.02. The van der Waals surface area contributed by atoms with Gasteiger partial charge in [0.25, 0.3) is 5.56 Å². The summed E-state index contributed by atoms with van der Waals surface area (Å²) in [7, 11) is 0. The van der Waals surface area contributed by atoms with Crippen molar-refractivity contribution < 1.29 is 0 Å². The van der Waals surface area contributed by atoms with E-state index in [9.17, 15) is 4.79 Å². The zero-order valence-electron chi connectivity index (χ0n) is 13.3. The van der Waals surface area contributed by atoms with Gasteiger partial charge in [0.05, 0.1) is 16.7 Å². The SMILES string of the molecule is C=CCn1c(S[C@H](C)C#N)nc2sc3c(c2c1=O)CC[C@H](C)C3. The molecule has 2 heterocycles. The molecule has 0 aliphatic heterocycles. The monoisotopic (exact) mass is 345 g/mol. The third-order valence-corrected chi connectivity index (χ3v) is 6.29. The van der Waals surface area contributed by atoms with Crippen molar-refractivity contribution in [3.8, 4) is 6.07 Å². The van der Waals surface area contributed by atoms with E-state index in [2.05, 4.69) is 19.6 Å². The molecule has 2 atom stereocenters. The standard InChI is InChI=1S/C17H19N3OS2/c1-4-7-20-16(21)14-12-6-5-10(2)8-13(12)23-15(14)19-17(20)22-11(3)9-18/h4,10-11H,1,5-8H2,2-3H3/t10-,11+/m0/s1. The lowest BCUT2D eigenvalue weighted by molar-refractivity contribution is 0.509. The van der Waals surface area contributed by atoms with Crippen molar-refractivity contribution in [1.82, 2.24) is 9.55 Å². The molecule has 120 valence electrons. The van der Waals surface area contributed by atoms with Crippen LogP contribution in [0.4, 0.5) is 0 Å². The fraction of sp³-hybridized carbons (Fsp3) is 0.471. The van der Waals surface area contributed by atoms with E-state index in [1.165, 1.54) is 22.2 Å². The van der Waals surface area contributed by atoms with Gasteiger partial charge in [0, 0.05) is 11.4 Å². The van der Waals surface area contributed by atoms with Gasteiger partial charge in [-0.3, -0.25) is 9.36 Å². The predicted molar refractivity (Wildman–Crippen MR) is 96.2 cm³/mol. The molecule has 1 aliphatic carbocycles. The number of hydrogen-bond acceptors (Lipinski definition) is 5. The van der Waals surface area contributed by atoms with Gasteiger partial charge in [-0.1, -0.05) is 24.8 Å². The largest absolute Gasteiger partial charge is 0.283 e. The summed E-state index contributed by atoms with van der Waals surface area (Å²) in [6, 6.07) is 2.19. The number of aryl methyl sites for hydroxylation is 1. The van der Waals surface area contributed by atoms with Crippen LogP contribution in [0, 0.1) is 17.2 Å². The third-order valence-electron chi connectivity index (χ3n) is 4.16. The number of allylic oxidation sites excluding steroid dienone is 1. The minimum atomic E-state index is -0.245. The molecule has 0 saturated heterocycles. The van der Waals surface area contributed by atoms with Crippen LogP contribution in [0.25, 0.3) is 10.2 Å². The van der Waals surface area contributed by atoms with Gasteiger partial charge in [-0.25, -0.2) is 4.98 Å². The molecular formula is C17H19N3OS2. The molecule has 3 rings (SSSR count). The van der Waals surface area contributed by atoms with Crippen molar-refractivity contribution in [3.05, 3.63) is 33.4 Å². The summed E-state index contributed by atoms with van der Waals surface area (Å²) in [6.07, 6.45) is 4.83. The maximum absolute atomic E-state index is 13.0. The van der Waals surface area contributed by atoms with Crippen molar-refractivity contribution >= 4 is 33.3 Å². The average molecular weight is 345 g/mol. The summed E-state index contributed by atoms with van der Waals surface area (Å²) in [6.45, 7) is 8.24. The van der Waals surface area contributed by atoms with Gasteiger partial charge < -0.3 is 0 Å². The predicted octanol–water partition coefficient (Wildman–Crippen LogP) is 3.77. The van der Waals surface area contributed by atoms with Crippen LogP contribution in [-0.4, -0.2) is 14.8 Å². The Hall–Kier alpha value is -1.58. The first-order valence-electron chi connectivity index (χ1n) is 7.77. The zero-order chi connectivity index (χ0) is 16.6. The summed E-state index contributed by atoms with van der Waals surface area (Å²) in [4.78, 5) is 19.9. The van der Waals surface area contributed by atoms with Crippen molar-refractivity contribution in [3.63, 3.8) is 0 Å². The third kappa shape index (κ3) is 2.96. The molecule has 0 bridgehead atoms. The molecule has 0 unspecified atom stereocenters. The van der Waals surface area contributed by atoms with Crippen LogP contribution in [0.3, 0.4) is 0 Å². The number of aromatic nitrogens is 2. The van der Waals surface area contributed by atoms with Crippen LogP contribution in [0.15, 0.2) is 22.6 Å². The number of hydrogen-bond donors (Lipinski definition) is 0. The first kappa shape index (κ1) is 16.3. The lowest BCUT2D eigenvalue weighted by atomic mass is 9.89. The second kappa shape index (κ2) is 6.50. The average Bonchev–Trinajstić information content (AvgIpc) is 2.88. The topological polar surface area (TPSA) is 58.7 Å². The Morgan fingerprint density at radius 2 is 2.43 bits per heavy atom. The Morgan fingerprint density at radius 3 is 3.13 bits per heavy atom. The van der Waals surface area contributed by atoms with Crippen LogP contribution < -0.4 is 5.56 Å². The van der Waals surface area contributed by atoms with Gasteiger partial charge in [0.15, 0.2) is 5.16 Å². The quantitative estimate of drug-likeness (QED) is 0.481. The van der Waals surface area contributed by atoms with E-state index in [0.29, 0.717) is 17.6 Å². The highest BCUT2D eigenvalue weighted by Gasteiger charge is 2.24. The van der Waals surface area contributed by atoms with Crippen molar-refractivity contribution in [2.75, 3.05) is 0 Å². The Kier molecular flexibility index (Phi) is 4.60. The van der Waals surface area contributed by atoms with Gasteiger partial charge in [-0.05, 0) is 37.7 Å².